The molecule has 2 atom stereocenters. The second kappa shape index (κ2) is 4.07. The molecule has 1 aromatic rings. The first-order valence-corrected chi connectivity index (χ1v) is 5.96. The van der Waals surface area contributed by atoms with Crippen LogP contribution in [0, 0.1) is 11.8 Å². The quantitative estimate of drug-likeness (QED) is 0.904. The summed E-state index contributed by atoms with van der Waals surface area (Å²) >= 11 is 7.07. The average Bonchev–Trinajstić information content (AvgIpc) is 2.93. The fraction of sp³-hybridized carbons (Fsp3) is 0.400. The highest BCUT2D eigenvalue weighted by atomic mass is 35.5. The summed E-state index contributed by atoms with van der Waals surface area (Å²) in [6.07, 6.45) is 0.442. The Morgan fingerprint density at radius 3 is 2.62 bits per heavy atom. The number of nitrogens with zero attached hydrogens (tertiary/aromatic N) is 1. The van der Waals surface area contributed by atoms with E-state index in [4.69, 9.17) is 16.7 Å². The number of amides is 1. The fourth-order valence-corrected chi connectivity index (χ4v) is 2.58. The van der Waals surface area contributed by atoms with Crippen molar-refractivity contribution in [2.24, 2.45) is 11.8 Å². The summed E-state index contributed by atoms with van der Waals surface area (Å²) in [5, 5.41) is 9.48. The van der Waals surface area contributed by atoms with Gasteiger partial charge in [0.25, 0.3) is 0 Å². The Hall–Kier alpha value is -1.07. The van der Waals surface area contributed by atoms with Gasteiger partial charge in [-0.05, 0) is 18.6 Å². The molecule has 0 radical (unpaired) electrons. The molecular formula is C10H10ClNO3S. The van der Waals surface area contributed by atoms with Crippen LogP contribution in [-0.2, 0) is 9.59 Å². The van der Waals surface area contributed by atoms with E-state index in [1.165, 1.54) is 16.2 Å². The van der Waals surface area contributed by atoms with Gasteiger partial charge >= 0.3 is 5.97 Å². The van der Waals surface area contributed by atoms with Crippen LogP contribution in [0.1, 0.15) is 6.42 Å². The van der Waals surface area contributed by atoms with Gasteiger partial charge in [-0.2, -0.15) is 0 Å². The lowest BCUT2D eigenvalue weighted by Gasteiger charge is -2.14. The van der Waals surface area contributed by atoms with Crippen LogP contribution in [0.2, 0.25) is 4.34 Å². The van der Waals surface area contributed by atoms with Gasteiger partial charge in [-0.15, -0.1) is 11.3 Å². The Morgan fingerprint density at radius 1 is 1.50 bits per heavy atom. The maximum absolute atomic E-state index is 11.9. The van der Waals surface area contributed by atoms with Gasteiger partial charge in [0.05, 0.1) is 21.2 Å². The molecule has 1 N–H and O–H groups in total. The number of carbonyl (C=O) groups is 2. The van der Waals surface area contributed by atoms with Crippen molar-refractivity contribution in [3.05, 3.63) is 16.5 Å². The second-order valence-electron chi connectivity index (χ2n) is 3.76. The van der Waals surface area contributed by atoms with Gasteiger partial charge in [-0.3, -0.25) is 9.59 Å². The Bertz CT molecular complexity index is 445. The third-order valence-electron chi connectivity index (χ3n) is 2.65. The molecule has 0 spiro atoms. The first-order valence-electron chi connectivity index (χ1n) is 4.76. The van der Waals surface area contributed by atoms with Gasteiger partial charge in [-0.1, -0.05) is 11.6 Å². The smallest absolute Gasteiger partial charge is 0.307 e. The van der Waals surface area contributed by atoms with Crippen LogP contribution in [-0.4, -0.2) is 24.0 Å². The van der Waals surface area contributed by atoms with Crippen molar-refractivity contribution in [1.82, 2.24) is 0 Å². The minimum Gasteiger partial charge on any atom is -0.481 e. The second-order valence-corrected chi connectivity index (χ2v) is 5.46. The number of hydrogen-bond donors (Lipinski definition) is 1. The molecule has 2 rings (SSSR count). The standard InChI is InChI=1S/C10H10ClNO3S/c1-12(8-3-2-7(11)16-8)9(13)5-4-6(5)10(14)15/h2-3,5-6H,4H2,1H3,(H,14,15). The maximum atomic E-state index is 11.9. The topological polar surface area (TPSA) is 57.6 Å². The number of thiophene rings is 1. The lowest BCUT2D eigenvalue weighted by molar-refractivity contribution is -0.139. The summed E-state index contributed by atoms with van der Waals surface area (Å²) in [6, 6.07) is 3.47. The molecule has 4 nitrogen and oxygen atoms in total. The van der Waals surface area contributed by atoms with Crippen LogP contribution in [0.15, 0.2) is 12.1 Å². The van der Waals surface area contributed by atoms with Gasteiger partial charge in [-0.25, -0.2) is 0 Å². The molecule has 0 aliphatic heterocycles. The van der Waals surface area contributed by atoms with Gasteiger partial charge in [0.15, 0.2) is 0 Å². The van der Waals surface area contributed by atoms with Crippen molar-refractivity contribution in [2.75, 3.05) is 11.9 Å². The van der Waals surface area contributed by atoms with Gasteiger partial charge in [0.2, 0.25) is 5.91 Å². The predicted octanol–water partition coefficient (Wildman–Crippen LogP) is 2.08. The van der Waals surface area contributed by atoms with E-state index < -0.39 is 11.9 Å². The zero-order valence-corrected chi connectivity index (χ0v) is 10.1. The number of carbonyl (C=O) groups excluding carboxylic acids is 1. The molecule has 16 heavy (non-hydrogen) atoms. The third kappa shape index (κ3) is 2.05. The van der Waals surface area contributed by atoms with Crippen LogP contribution in [0.3, 0.4) is 0 Å². The molecule has 1 fully saturated rings. The average molecular weight is 260 g/mol. The number of hydrogen-bond acceptors (Lipinski definition) is 3. The van der Waals surface area contributed by atoms with E-state index in [9.17, 15) is 9.59 Å². The highest BCUT2D eigenvalue weighted by Gasteiger charge is 2.49. The normalized spacial score (nSPS) is 22.9. The van der Waals surface area contributed by atoms with Gasteiger partial charge in [0, 0.05) is 7.05 Å². The first kappa shape index (κ1) is 11.4. The van der Waals surface area contributed by atoms with Crippen LogP contribution in [0.5, 0.6) is 0 Å². The van der Waals surface area contributed by atoms with Crippen molar-refractivity contribution in [1.29, 1.82) is 0 Å². The van der Waals surface area contributed by atoms with Crippen LogP contribution < -0.4 is 4.90 Å². The van der Waals surface area contributed by atoms with Crippen molar-refractivity contribution >= 4 is 39.8 Å². The van der Waals surface area contributed by atoms with E-state index in [-0.39, 0.29) is 11.8 Å². The Balaban J connectivity index is 2.04. The van der Waals surface area contributed by atoms with Crippen molar-refractivity contribution < 1.29 is 14.7 Å². The zero-order chi connectivity index (χ0) is 11.9. The lowest BCUT2D eigenvalue weighted by atomic mass is 10.3. The third-order valence-corrected chi connectivity index (χ3v) is 3.95. The molecular weight excluding hydrogens is 250 g/mol. The largest absolute Gasteiger partial charge is 0.481 e. The summed E-state index contributed by atoms with van der Waals surface area (Å²) < 4.78 is 0.611. The molecule has 1 heterocycles. The molecule has 1 aliphatic rings. The highest BCUT2D eigenvalue weighted by molar-refractivity contribution is 7.20. The minimum absolute atomic E-state index is 0.147. The molecule has 1 saturated carbocycles. The fourth-order valence-electron chi connectivity index (χ4n) is 1.58. The Morgan fingerprint density at radius 2 is 2.19 bits per heavy atom. The number of halogens is 1. The minimum atomic E-state index is -0.893. The lowest BCUT2D eigenvalue weighted by Crippen LogP contribution is -2.28. The van der Waals surface area contributed by atoms with Crippen LogP contribution >= 0.6 is 22.9 Å². The molecule has 1 amide bonds. The van der Waals surface area contributed by atoms with Gasteiger partial charge in [0.1, 0.15) is 0 Å². The number of aliphatic carboxylic acids is 1. The van der Waals surface area contributed by atoms with E-state index >= 15 is 0 Å². The van der Waals surface area contributed by atoms with E-state index in [1.54, 1.807) is 19.2 Å². The molecule has 0 aromatic carbocycles. The van der Waals surface area contributed by atoms with E-state index in [0.29, 0.717) is 10.8 Å². The summed E-state index contributed by atoms with van der Waals surface area (Å²) in [5.41, 5.74) is 0. The molecule has 0 saturated heterocycles. The number of rotatable bonds is 3. The number of anilines is 1. The van der Waals surface area contributed by atoms with Gasteiger partial charge < -0.3 is 10.0 Å². The van der Waals surface area contributed by atoms with Crippen LogP contribution in [0.25, 0.3) is 0 Å². The zero-order valence-electron chi connectivity index (χ0n) is 8.51. The summed E-state index contributed by atoms with van der Waals surface area (Å²) in [4.78, 5) is 24.0. The summed E-state index contributed by atoms with van der Waals surface area (Å²) in [6.45, 7) is 0. The summed E-state index contributed by atoms with van der Waals surface area (Å²) in [7, 11) is 1.64. The first-order chi connectivity index (χ1) is 7.50. The van der Waals surface area contributed by atoms with Crippen molar-refractivity contribution in [2.45, 2.75) is 6.42 Å². The van der Waals surface area contributed by atoms with Crippen LogP contribution in [0.4, 0.5) is 5.00 Å². The monoisotopic (exact) mass is 259 g/mol. The molecule has 2 unspecified atom stereocenters. The van der Waals surface area contributed by atoms with E-state index in [1.807, 2.05) is 0 Å². The van der Waals surface area contributed by atoms with Crippen molar-refractivity contribution in [3.8, 4) is 0 Å². The Kier molecular flexibility index (Phi) is 2.90. The maximum Gasteiger partial charge on any atom is 0.307 e. The summed E-state index contributed by atoms with van der Waals surface area (Å²) in [5.74, 6) is -1.92. The number of carboxylic acid groups (broad SMARTS) is 1. The van der Waals surface area contributed by atoms with E-state index in [2.05, 4.69) is 0 Å². The molecule has 86 valence electrons. The number of carboxylic acids is 1. The SMILES string of the molecule is CN(C(=O)C1CC1C(=O)O)c1ccc(Cl)s1. The molecule has 1 aliphatic carbocycles. The Labute approximate surface area is 101 Å². The predicted molar refractivity (Wildman–Crippen MR) is 62.0 cm³/mol. The molecule has 0 bridgehead atoms. The molecule has 1 aromatic heterocycles. The van der Waals surface area contributed by atoms with Crippen molar-refractivity contribution in [3.63, 3.8) is 0 Å². The highest BCUT2D eigenvalue weighted by Crippen LogP contribution is 2.41. The van der Waals surface area contributed by atoms with E-state index in [0.717, 1.165) is 5.00 Å². The molecule has 6 heteroatoms.